The molecule has 0 saturated carbocycles. The summed E-state index contributed by atoms with van der Waals surface area (Å²) in [7, 11) is 3.97. The van der Waals surface area contributed by atoms with Crippen LogP contribution in [0, 0.1) is 6.92 Å². The van der Waals surface area contributed by atoms with Gasteiger partial charge in [0.05, 0.1) is 6.04 Å². The fourth-order valence-corrected chi connectivity index (χ4v) is 2.89. The number of aromatic nitrogens is 4. The monoisotopic (exact) mass is 316 g/mol. The summed E-state index contributed by atoms with van der Waals surface area (Å²) in [4.78, 5) is 38.8. The molecule has 1 aliphatic heterocycles. The molecule has 2 aromatic heterocycles. The van der Waals surface area contributed by atoms with Gasteiger partial charge in [0.25, 0.3) is 5.91 Å². The second-order valence-electron chi connectivity index (χ2n) is 5.90. The van der Waals surface area contributed by atoms with Crippen LogP contribution in [0.5, 0.6) is 0 Å². The summed E-state index contributed by atoms with van der Waals surface area (Å²) in [6.45, 7) is 3.60. The van der Waals surface area contributed by atoms with E-state index >= 15 is 0 Å². The second-order valence-corrected chi connectivity index (χ2v) is 5.90. The van der Waals surface area contributed by atoms with E-state index in [1.807, 2.05) is 24.9 Å². The van der Waals surface area contributed by atoms with Crippen LogP contribution in [-0.2, 0) is 7.05 Å². The Bertz CT molecular complexity index is 780. The number of amides is 1. The highest BCUT2D eigenvalue weighted by atomic mass is 16.2. The van der Waals surface area contributed by atoms with Crippen molar-refractivity contribution in [2.45, 2.75) is 13.0 Å². The summed E-state index contributed by atoms with van der Waals surface area (Å²) in [5, 5.41) is 0. The van der Waals surface area contributed by atoms with Crippen LogP contribution in [0.3, 0.4) is 0 Å². The molecule has 3 heterocycles. The number of imidazole rings is 1. The quantitative estimate of drug-likeness (QED) is 0.839. The first-order valence-electron chi connectivity index (χ1n) is 7.50. The number of H-pyrrole nitrogens is 1. The van der Waals surface area contributed by atoms with E-state index in [1.165, 1.54) is 0 Å². The predicted molar refractivity (Wildman–Crippen MR) is 84.1 cm³/mol. The predicted octanol–water partition coefficient (Wildman–Crippen LogP) is -0.0593. The number of carbonyl (C=O) groups is 1. The number of aryl methyl sites for hydroxylation is 2. The minimum Gasteiger partial charge on any atom is -0.337 e. The van der Waals surface area contributed by atoms with Crippen LogP contribution in [0.4, 0.5) is 0 Å². The zero-order chi connectivity index (χ0) is 16.6. The number of rotatable bonds is 2. The van der Waals surface area contributed by atoms with Gasteiger partial charge in [-0.2, -0.15) is 4.98 Å². The van der Waals surface area contributed by atoms with Crippen LogP contribution in [0.2, 0.25) is 0 Å². The molecule has 0 aliphatic carbocycles. The van der Waals surface area contributed by atoms with Crippen molar-refractivity contribution in [2.75, 3.05) is 26.7 Å². The van der Waals surface area contributed by atoms with Crippen molar-refractivity contribution in [2.24, 2.45) is 7.05 Å². The van der Waals surface area contributed by atoms with E-state index < -0.39 is 5.69 Å². The summed E-state index contributed by atoms with van der Waals surface area (Å²) in [6, 6.07) is 1.63. The molecule has 0 unspecified atom stereocenters. The molecule has 8 nitrogen and oxygen atoms in total. The molecule has 0 spiro atoms. The standard InChI is InChI=1S/C15H20N6O2/c1-10-8-11(18-15(23)17-10)14(22)21-7-6-19(2)12(9-21)13-16-4-5-20(13)3/h4-5,8,12H,6-7,9H2,1-3H3,(H,17,18,23)/t12-/m0/s1. The molecule has 0 aromatic carbocycles. The molecule has 1 saturated heterocycles. The molecule has 8 heteroatoms. The molecule has 1 N–H and O–H groups in total. The van der Waals surface area contributed by atoms with Crippen LogP contribution in [0.15, 0.2) is 23.3 Å². The van der Waals surface area contributed by atoms with Gasteiger partial charge in [-0.3, -0.25) is 9.69 Å². The van der Waals surface area contributed by atoms with Gasteiger partial charge in [-0.1, -0.05) is 0 Å². The van der Waals surface area contributed by atoms with Gasteiger partial charge < -0.3 is 14.5 Å². The van der Waals surface area contributed by atoms with Gasteiger partial charge in [0, 0.05) is 44.8 Å². The first-order chi connectivity index (χ1) is 11.0. The minimum atomic E-state index is -0.497. The summed E-state index contributed by atoms with van der Waals surface area (Å²) in [5.41, 5.74) is 0.320. The Hall–Kier alpha value is -2.48. The molecule has 122 valence electrons. The van der Waals surface area contributed by atoms with Gasteiger partial charge in [0.1, 0.15) is 11.5 Å². The van der Waals surface area contributed by atoms with Crippen LogP contribution in [0.25, 0.3) is 0 Å². The zero-order valence-electron chi connectivity index (χ0n) is 13.5. The molecule has 3 rings (SSSR count). The van der Waals surface area contributed by atoms with Crippen LogP contribution in [-0.4, -0.2) is 61.9 Å². The Kier molecular flexibility index (Phi) is 3.99. The molecular formula is C15H20N6O2. The Labute approximate surface area is 133 Å². The third-order valence-electron chi connectivity index (χ3n) is 4.19. The van der Waals surface area contributed by atoms with E-state index in [9.17, 15) is 9.59 Å². The summed E-state index contributed by atoms with van der Waals surface area (Å²) >= 11 is 0. The first kappa shape index (κ1) is 15.4. The van der Waals surface area contributed by atoms with E-state index in [1.54, 1.807) is 24.1 Å². The summed E-state index contributed by atoms with van der Waals surface area (Å²) in [5.74, 6) is 0.701. The molecule has 1 fully saturated rings. The summed E-state index contributed by atoms with van der Waals surface area (Å²) in [6.07, 6.45) is 3.65. The van der Waals surface area contributed by atoms with E-state index in [-0.39, 0.29) is 17.6 Å². The number of nitrogens with zero attached hydrogens (tertiary/aromatic N) is 5. The van der Waals surface area contributed by atoms with Crippen molar-refractivity contribution in [1.29, 1.82) is 0 Å². The number of carbonyl (C=O) groups excluding carboxylic acids is 1. The lowest BCUT2D eigenvalue weighted by Gasteiger charge is -2.38. The third-order valence-corrected chi connectivity index (χ3v) is 4.19. The number of hydrogen-bond acceptors (Lipinski definition) is 5. The molecule has 1 amide bonds. The van der Waals surface area contributed by atoms with E-state index in [2.05, 4.69) is 19.9 Å². The maximum Gasteiger partial charge on any atom is 0.345 e. The highest BCUT2D eigenvalue weighted by molar-refractivity contribution is 5.92. The fraction of sp³-hybridized carbons (Fsp3) is 0.467. The van der Waals surface area contributed by atoms with Crippen LogP contribution in [0.1, 0.15) is 28.0 Å². The molecule has 1 aliphatic rings. The van der Waals surface area contributed by atoms with Crippen LogP contribution >= 0.6 is 0 Å². The molecule has 0 bridgehead atoms. The minimum absolute atomic E-state index is 0.0239. The van der Waals surface area contributed by atoms with Gasteiger partial charge in [0.15, 0.2) is 0 Å². The van der Waals surface area contributed by atoms with E-state index in [0.717, 1.165) is 12.4 Å². The number of piperazine rings is 1. The molecule has 23 heavy (non-hydrogen) atoms. The Morgan fingerprint density at radius 1 is 1.35 bits per heavy atom. The Morgan fingerprint density at radius 2 is 2.13 bits per heavy atom. The van der Waals surface area contributed by atoms with E-state index in [0.29, 0.717) is 18.8 Å². The van der Waals surface area contributed by atoms with Gasteiger partial charge >= 0.3 is 5.69 Å². The average molecular weight is 316 g/mol. The Balaban J connectivity index is 1.84. The van der Waals surface area contributed by atoms with E-state index in [4.69, 9.17) is 0 Å². The number of hydrogen-bond donors (Lipinski definition) is 1. The lowest BCUT2D eigenvalue weighted by Crippen LogP contribution is -2.50. The fourth-order valence-electron chi connectivity index (χ4n) is 2.89. The van der Waals surface area contributed by atoms with Crippen molar-refractivity contribution >= 4 is 5.91 Å². The number of nitrogens with one attached hydrogen (secondary N) is 1. The zero-order valence-corrected chi connectivity index (χ0v) is 13.5. The normalized spacial score (nSPS) is 19.1. The lowest BCUT2D eigenvalue weighted by molar-refractivity contribution is 0.0522. The van der Waals surface area contributed by atoms with Gasteiger partial charge in [-0.25, -0.2) is 9.78 Å². The molecule has 1 atom stereocenters. The lowest BCUT2D eigenvalue weighted by atomic mass is 10.1. The molecule has 0 radical (unpaired) electrons. The first-order valence-corrected chi connectivity index (χ1v) is 7.50. The highest BCUT2D eigenvalue weighted by Crippen LogP contribution is 2.23. The average Bonchev–Trinajstić information content (AvgIpc) is 2.92. The Morgan fingerprint density at radius 3 is 2.78 bits per heavy atom. The van der Waals surface area contributed by atoms with Crippen LogP contribution < -0.4 is 5.69 Å². The highest BCUT2D eigenvalue weighted by Gasteiger charge is 2.31. The van der Waals surface area contributed by atoms with Crippen molar-refractivity contribution < 1.29 is 4.79 Å². The van der Waals surface area contributed by atoms with Gasteiger partial charge in [-0.15, -0.1) is 0 Å². The van der Waals surface area contributed by atoms with Gasteiger partial charge in [0.2, 0.25) is 0 Å². The number of likely N-dealkylation sites (N-methyl/N-ethyl adjacent to an activating group) is 1. The third kappa shape index (κ3) is 3.02. The van der Waals surface area contributed by atoms with Crippen molar-refractivity contribution in [3.8, 4) is 0 Å². The molecule has 2 aromatic rings. The van der Waals surface area contributed by atoms with Crippen molar-refractivity contribution in [3.05, 3.63) is 46.2 Å². The summed E-state index contributed by atoms with van der Waals surface area (Å²) < 4.78 is 1.96. The topological polar surface area (TPSA) is 87.1 Å². The second kappa shape index (κ2) is 5.96. The van der Waals surface area contributed by atoms with Crippen molar-refractivity contribution in [3.63, 3.8) is 0 Å². The maximum absolute atomic E-state index is 12.7. The number of aromatic amines is 1. The largest absolute Gasteiger partial charge is 0.345 e. The smallest absolute Gasteiger partial charge is 0.337 e. The van der Waals surface area contributed by atoms with Gasteiger partial charge in [-0.05, 0) is 20.0 Å². The maximum atomic E-state index is 12.7. The molecular weight excluding hydrogens is 296 g/mol. The SMILES string of the molecule is Cc1cc(C(=O)N2CCN(C)[C@H](c3nccn3C)C2)nc(=O)[nH]1. The van der Waals surface area contributed by atoms with Crippen molar-refractivity contribution in [1.82, 2.24) is 29.3 Å².